The fraction of sp³-hybridized carbons (Fsp3) is 0.276. The Kier molecular flexibility index (Phi) is 10.0. The van der Waals surface area contributed by atoms with Gasteiger partial charge in [0.15, 0.2) is 6.61 Å². The minimum absolute atomic E-state index is 0.00801. The average Bonchev–Trinajstić information content (AvgIpc) is 3.49. The number of ether oxygens (including phenoxy) is 2. The summed E-state index contributed by atoms with van der Waals surface area (Å²) in [6.45, 7) is 2.30. The second-order valence-electron chi connectivity index (χ2n) is 9.39. The zero-order valence-electron chi connectivity index (χ0n) is 22.5. The molecular formula is C29H31FN4O6S. The Bertz CT molecular complexity index is 1460. The molecule has 3 aromatic carbocycles. The SMILES string of the molecule is Cc1ccc(S(=O)(=O)N(CC(=O)N/N=C/c2ccc(OCC(=O)NCC3CCCO3)cc2)c2ccc(F)cc2)cc1. The second-order valence-corrected chi connectivity index (χ2v) is 11.3. The molecule has 2 N–H and O–H groups in total. The molecule has 41 heavy (non-hydrogen) atoms. The zero-order chi connectivity index (χ0) is 29.2. The Morgan fingerprint density at radius 1 is 1.05 bits per heavy atom. The van der Waals surface area contributed by atoms with E-state index in [1.807, 2.05) is 6.92 Å². The van der Waals surface area contributed by atoms with Crippen LogP contribution in [0.3, 0.4) is 0 Å². The summed E-state index contributed by atoms with van der Waals surface area (Å²) in [6.07, 6.45) is 3.37. The van der Waals surface area contributed by atoms with E-state index < -0.39 is 28.3 Å². The van der Waals surface area contributed by atoms with Crippen molar-refractivity contribution in [3.05, 3.63) is 89.7 Å². The first-order valence-corrected chi connectivity index (χ1v) is 14.4. The predicted octanol–water partition coefficient (Wildman–Crippen LogP) is 3.15. The maximum Gasteiger partial charge on any atom is 0.264 e. The first-order chi connectivity index (χ1) is 19.7. The third kappa shape index (κ3) is 8.60. The summed E-state index contributed by atoms with van der Waals surface area (Å²) in [4.78, 5) is 24.6. The number of hydrogen-bond acceptors (Lipinski definition) is 7. The van der Waals surface area contributed by atoms with Gasteiger partial charge in [0, 0.05) is 13.2 Å². The molecule has 0 bridgehead atoms. The number of halogens is 1. The van der Waals surface area contributed by atoms with Gasteiger partial charge in [-0.05, 0) is 86.0 Å². The Morgan fingerprint density at radius 2 is 1.76 bits per heavy atom. The summed E-state index contributed by atoms with van der Waals surface area (Å²) < 4.78 is 52.1. The number of sulfonamides is 1. The van der Waals surface area contributed by atoms with Gasteiger partial charge in [-0.2, -0.15) is 5.10 Å². The van der Waals surface area contributed by atoms with Crippen LogP contribution in [-0.4, -0.2) is 58.9 Å². The van der Waals surface area contributed by atoms with Crippen LogP contribution in [0, 0.1) is 12.7 Å². The van der Waals surface area contributed by atoms with Crippen LogP contribution in [-0.2, 0) is 24.3 Å². The normalized spacial score (nSPS) is 15.0. The largest absolute Gasteiger partial charge is 0.484 e. The quantitative estimate of drug-likeness (QED) is 0.250. The number of amides is 2. The van der Waals surface area contributed by atoms with E-state index in [1.165, 1.54) is 30.5 Å². The number of rotatable bonds is 12. The standard InChI is InChI=1S/C29H31FN4O6S/c1-21-4-14-27(15-5-21)41(37,38)34(24-10-8-23(30)9-11-24)19-28(35)33-32-17-22-6-12-25(13-7-22)40-20-29(36)31-18-26-3-2-16-39-26/h4-15,17,26H,2-3,16,18-20H2,1H3,(H,31,36)(H,33,35)/b32-17+. The number of aryl methyl sites for hydroxylation is 1. The van der Waals surface area contributed by atoms with E-state index in [4.69, 9.17) is 9.47 Å². The van der Waals surface area contributed by atoms with Crippen LogP contribution in [0.5, 0.6) is 5.75 Å². The van der Waals surface area contributed by atoms with Gasteiger partial charge in [0.2, 0.25) is 0 Å². The molecule has 1 saturated heterocycles. The number of anilines is 1. The highest BCUT2D eigenvalue weighted by molar-refractivity contribution is 7.92. The molecule has 0 aromatic heterocycles. The molecule has 0 spiro atoms. The van der Waals surface area contributed by atoms with Crippen LogP contribution in [0.25, 0.3) is 0 Å². The van der Waals surface area contributed by atoms with Crippen LogP contribution >= 0.6 is 0 Å². The van der Waals surface area contributed by atoms with Crippen LogP contribution in [0.4, 0.5) is 10.1 Å². The molecule has 0 aliphatic carbocycles. The van der Waals surface area contributed by atoms with Crippen molar-refractivity contribution in [1.29, 1.82) is 0 Å². The van der Waals surface area contributed by atoms with Gasteiger partial charge < -0.3 is 14.8 Å². The number of nitrogens with one attached hydrogen (secondary N) is 2. The van der Waals surface area contributed by atoms with E-state index in [0.29, 0.717) is 17.9 Å². The molecule has 1 heterocycles. The summed E-state index contributed by atoms with van der Waals surface area (Å²) in [6, 6.07) is 17.7. The highest BCUT2D eigenvalue weighted by atomic mass is 32.2. The number of hydrazone groups is 1. The van der Waals surface area contributed by atoms with Crippen molar-refractivity contribution in [2.75, 3.05) is 30.6 Å². The third-order valence-corrected chi connectivity index (χ3v) is 8.00. The Morgan fingerprint density at radius 3 is 2.41 bits per heavy atom. The van der Waals surface area contributed by atoms with Gasteiger partial charge in [0.05, 0.1) is 22.9 Å². The van der Waals surface area contributed by atoms with E-state index >= 15 is 0 Å². The van der Waals surface area contributed by atoms with Crippen molar-refractivity contribution in [3.8, 4) is 5.75 Å². The van der Waals surface area contributed by atoms with Gasteiger partial charge in [-0.25, -0.2) is 18.2 Å². The predicted molar refractivity (Wildman–Crippen MR) is 152 cm³/mol. The van der Waals surface area contributed by atoms with E-state index in [0.717, 1.165) is 41.4 Å². The molecule has 216 valence electrons. The lowest BCUT2D eigenvalue weighted by atomic mass is 10.2. The van der Waals surface area contributed by atoms with Crippen molar-refractivity contribution in [3.63, 3.8) is 0 Å². The van der Waals surface area contributed by atoms with Gasteiger partial charge in [-0.15, -0.1) is 0 Å². The van der Waals surface area contributed by atoms with E-state index in [2.05, 4.69) is 15.8 Å². The van der Waals surface area contributed by atoms with Gasteiger partial charge in [0.25, 0.3) is 21.8 Å². The maximum absolute atomic E-state index is 13.5. The van der Waals surface area contributed by atoms with Crippen molar-refractivity contribution >= 4 is 33.7 Å². The summed E-state index contributed by atoms with van der Waals surface area (Å²) >= 11 is 0. The highest BCUT2D eigenvalue weighted by Crippen LogP contribution is 2.24. The molecule has 10 nitrogen and oxygen atoms in total. The molecule has 0 radical (unpaired) electrons. The summed E-state index contributed by atoms with van der Waals surface area (Å²) in [7, 11) is -4.13. The second kappa shape index (κ2) is 13.9. The van der Waals surface area contributed by atoms with E-state index in [1.54, 1.807) is 36.4 Å². The molecule has 1 unspecified atom stereocenters. The van der Waals surface area contributed by atoms with E-state index in [-0.39, 0.29) is 29.2 Å². The van der Waals surface area contributed by atoms with Crippen molar-refractivity contribution < 1.29 is 31.9 Å². The van der Waals surface area contributed by atoms with E-state index in [9.17, 15) is 22.4 Å². The lowest BCUT2D eigenvalue weighted by Gasteiger charge is -2.23. The molecule has 1 atom stereocenters. The van der Waals surface area contributed by atoms with Crippen molar-refractivity contribution in [2.45, 2.75) is 30.8 Å². The van der Waals surface area contributed by atoms with Crippen LogP contribution in [0.15, 0.2) is 82.8 Å². The van der Waals surface area contributed by atoms with Crippen LogP contribution in [0.1, 0.15) is 24.0 Å². The topological polar surface area (TPSA) is 126 Å². The Hall–Kier alpha value is -4.29. The van der Waals surface area contributed by atoms with Gasteiger partial charge in [-0.3, -0.25) is 13.9 Å². The van der Waals surface area contributed by atoms with Crippen LogP contribution in [0.2, 0.25) is 0 Å². The van der Waals surface area contributed by atoms with Crippen molar-refractivity contribution in [2.24, 2.45) is 5.10 Å². The number of nitrogens with zero attached hydrogens (tertiary/aromatic N) is 2. The Balaban J connectivity index is 1.32. The minimum Gasteiger partial charge on any atom is -0.484 e. The molecule has 2 amide bonds. The molecule has 1 aliphatic rings. The number of carbonyl (C=O) groups is 2. The van der Waals surface area contributed by atoms with Crippen LogP contribution < -0.4 is 19.8 Å². The maximum atomic E-state index is 13.5. The summed E-state index contributed by atoms with van der Waals surface area (Å²) in [5.41, 5.74) is 3.95. The van der Waals surface area contributed by atoms with Gasteiger partial charge in [0.1, 0.15) is 18.1 Å². The molecule has 4 rings (SSSR count). The fourth-order valence-electron chi connectivity index (χ4n) is 3.99. The van der Waals surface area contributed by atoms with Gasteiger partial charge >= 0.3 is 0 Å². The molecular weight excluding hydrogens is 551 g/mol. The fourth-order valence-corrected chi connectivity index (χ4v) is 5.41. The lowest BCUT2D eigenvalue weighted by molar-refractivity contribution is -0.123. The first-order valence-electron chi connectivity index (χ1n) is 13.0. The lowest BCUT2D eigenvalue weighted by Crippen LogP contribution is -2.39. The minimum atomic E-state index is -4.13. The smallest absolute Gasteiger partial charge is 0.264 e. The molecule has 12 heteroatoms. The Labute approximate surface area is 238 Å². The number of benzene rings is 3. The highest BCUT2D eigenvalue weighted by Gasteiger charge is 2.27. The third-order valence-electron chi connectivity index (χ3n) is 6.21. The van der Waals surface area contributed by atoms with Crippen molar-refractivity contribution in [1.82, 2.24) is 10.7 Å². The molecule has 1 fully saturated rings. The molecule has 1 aliphatic heterocycles. The molecule has 3 aromatic rings. The summed E-state index contributed by atoms with van der Waals surface area (Å²) in [5.74, 6) is -0.998. The van der Waals surface area contributed by atoms with Gasteiger partial charge in [-0.1, -0.05) is 17.7 Å². The number of carbonyl (C=O) groups excluding carboxylic acids is 2. The first kappa shape index (κ1) is 29.7. The number of hydrogen-bond donors (Lipinski definition) is 2. The summed E-state index contributed by atoms with van der Waals surface area (Å²) in [5, 5.41) is 6.70. The average molecular weight is 583 g/mol. The molecule has 0 saturated carbocycles. The zero-order valence-corrected chi connectivity index (χ0v) is 23.3. The monoisotopic (exact) mass is 582 g/mol.